The lowest BCUT2D eigenvalue weighted by atomic mass is 9.85. The number of hydrogen-bond acceptors (Lipinski definition) is 6. The summed E-state index contributed by atoms with van der Waals surface area (Å²) in [4.78, 5) is 18.6. The fraction of sp³-hybridized carbons (Fsp3) is 0.300. The Hall–Kier alpha value is -4.53. The van der Waals surface area contributed by atoms with E-state index < -0.39 is 0 Å². The second kappa shape index (κ2) is 10.7. The molecule has 5 rings (SSSR count). The standard InChI is InChI=1S/C30H33N7O2/c1-6-10-21-19-37(27-24(30(2,3)4)13-9-14-26(27)39-5)29(38)36(21)18-20-15-16-25(31-17-20)22-11-7-8-12-23(22)28-32-34-35-33-28/h7-9,11-17,19H,6,10,18H2,1-5H3,(H,32,33,34,35). The van der Waals surface area contributed by atoms with E-state index in [0.717, 1.165) is 52.2 Å². The zero-order chi connectivity index (χ0) is 27.6. The molecule has 0 saturated carbocycles. The van der Waals surface area contributed by atoms with E-state index in [1.165, 1.54) is 0 Å². The SMILES string of the molecule is CCCc1cn(-c2c(OC)cccc2C(C)(C)C)c(=O)n1Cc1ccc(-c2ccccc2-c2nn[nH]n2)nc1. The summed E-state index contributed by atoms with van der Waals surface area (Å²) in [7, 11) is 1.64. The average Bonchev–Trinajstić information content (AvgIpc) is 3.58. The monoisotopic (exact) mass is 523 g/mol. The summed E-state index contributed by atoms with van der Waals surface area (Å²) in [5, 5.41) is 14.4. The molecule has 0 aliphatic rings. The molecule has 0 amide bonds. The Bertz CT molecular complexity index is 1630. The number of rotatable bonds is 8. The molecule has 200 valence electrons. The van der Waals surface area contributed by atoms with Crippen molar-refractivity contribution in [3.8, 4) is 34.1 Å². The molecule has 0 bridgehead atoms. The molecule has 3 heterocycles. The van der Waals surface area contributed by atoms with Crippen molar-refractivity contribution >= 4 is 0 Å². The predicted molar refractivity (Wildman–Crippen MR) is 151 cm³/mol. The number of para-hydroxylation sites is 1. The van der Waals surface area contributed by atoms with E-state index >= 15 is 0 Å². The quantitative estimate of drug-likeness (QED) is 0.300. The molecule has 0 spiro atoms. The maximum Gasteiger partial charge on any atom is 0.333 e. The summed E-state index contributed by atoms with van der Waals surface area (Å²) in [6.45, 7) is 8.97. The molecule has 39 heavy (non-hydrogen) atoms. The minimum Gasteiger partial charge on any atom is -0.495 e. The van der Waals surface area contributed by atoms with Crippen LogP contribution in [0, 0.1) is 0 Å². The first-order valence-electron chi connectivity index (χ1n) is 13.1. The number of pyridine rings is 1. The van der Waals surface area contributed by atoms with Gasteiger partial charge in [-0.3, -0.25) is 14.1 Å². The maximum absolute atomic E-state index is 13.9. The summed E-state index contributed by atoms with van der Waals surface area (Å²) < 4.78 is 9.30. The highest BCUT2D eigenvalue weighted by molar-refractivity contribution is 5.78. The molecule has 9 heteroatoms. The van der Waals surface area contributed by atoms with Crippen LogP contribution in [0.15, 0.2) is 71.8 Å². The topological polar surface area (TPSA) is 104 Å². The zero-order valence-electron chi connectivity index (χ0n) is 23.0. The number of hydrogen-bond donors (Lipinski definition) is 1. The van der Waals surface area contributed by atoms with Crippen molar-refractivity contribution in [1.29, 1.82) is 0 Å². The lowest BCUT2D eigenvalue weighted by molar-refractivity contribution is 0.410. The molecule has 2 aromatic carbocycles. The Morgan fingerprint density at radius 2 is 1.79 bits per heavy atom. The van der Waals surface area contributed by atoms with Crippen molar-refractivity contribution in [1.82, 2.24) is 34.7 Å². The number of benzene rings is 2. The number of H-pyrrole nitrogens is 1. The Labute approximate surface area is 227 Å². The Morgan fingerprint density at radius 1 is 1.00 bits per heavy atom. The Balaban J connectivity index is 1.53. The molecule has 0 atom stereocenters. The van der Waals surface area contributed by atoms with Gasteiger partial charge in [0.05, 0.1) is 25.0 Å². The van der Waals surface area contributed by atoms with Gasteiger partial charge in [-0.2, -0.15) is 5.21 Å². The van der Waals surface area contributed by atoms with Gasteiger partial charge in [-0.1, -0.05) is 76.6 Å². The summed E-state index contributed by atoms with van der Waals surface area (Å²) in [5.41, 5.74) is 6.03. The van der Waals surface area contributed by atoms with Gasteiger partial charge in [-0.15, -0.1) is 10.2 Å². The van der Waals surface area contributed by atoms with E-state index in [0.29, 0.717) is 18.1 Å². The van der Waals surface area contributed by atoms with Crippen LogP contribution in [0.3, 0.4) is 0 Å². The van der Waals surface area contributed by atoms with Gasteiger partial charge in [0.15, 0.2) is 0 Å². The van der Waals surface area contributed by atoms with Crippen molar-refractivity contribution in [2.75, 3.05) is 7.11 Å². The fourth-order valence-corrected chi connectivity index (χ4v) is 4.89. The lowest BCUT2D eigenvalue weighted by Gasteiger charge is -2.24. The van der Waals surface area contributed by atoms with Gasteiger partial charge >= 0.3 is 5.69 Å². The second-order valence-corrected chi connectivity index (χ2v) is 10.5. The van der Waals surface area contributed by atoms with Crippen LogP contribution in [-0.2, 0) is 18.4 Å². The smallest absolute Gasteiger partial charge is 0.333 e. The first-order valence-corrected chi connectivity index (χ1v) is 13.1. The molecule has 5 aromatic rings. The third-order valence-electron chi connectivity index (χ3n) is 6.79. The van der Waals surface area contributed by atoms with Gasteiger partial charge in [-0.05, 0) is 40.3 Å². The van der Waals surface area contributed by atoms with Gasteiger partial charge < -0.3 is 4.74 Å². The number of ether oxygens (including phenoxy) is 1. The van der Waals surface area contributed by atoms with E-state index in [2.05, 4.69) is 54.4 Å². The van der Waals surface area contributed by atoms with Crippen LogP contribution in [0.2, 0.25) is 0 Å². The van der Waals surface area contributed by atoms with Gasteiger partial charge in [0.1, 0.15) is 5.75 Å². The van der Waals surface area contributed by atoms with Crippen LogP contribution < -0.4 is 10.4 Å². The molecule has 0 saturated heterocycles. The minimum absolute atomic E-state index is 0.0972. The summed E-state index contributed by atoms with van der Waals surface area (Å²) >= 11 is 0. The Kier molecular flexibility index (Phi) is 7.15. The molecule has 3 aromatic heterocycles. The molecule has 0 unspecified atom stereocenters. The molecule has 0 radical (unpaired) electrons. The van der Waals surface area contributed by atoms with E-state index in [-0.39, 0.29) is 11.1 Å². The van der Waals surface area contributed by atoms with Crippen molar-refractivity contribution in [2.24, 2.45) is 0 Å². The number of methoxy groups -OCH3 is 1. The molecule has 0 aliphatic carbocycles. The van der Waals surface area contributed by atoms with Crippen LogP contribution in [0.1, 0.15) is 50.9 Å². The number of nitrogens with zero attached hydrogens (tertiary/aromatic N) is 6. The number of aryl methyl sites for hydroxylation is 1. The van der Waals surface area contributed by atoms with E-state index in [9.17, 15) is 4.79 Å². The largest absolute Gasteiger partial charge is 0.495 e. The third-order valence-corrected chi connectivity index (χ3v) is 6.79. The van der Waals surface area contributed by atoms with Gasteiger partial charge in [-0.25, -0.2) is 4.79 Å². The third kappa shape index (κ3) is 5.12. The van der Waals surface area contributed by atoms with Crippen molar-refractivity contribution in [3.05, 3.63) is 94.3 Å². The number of tetrazole rings is 1. The van der Waals surface area contributed by atoms with Crippen LogP contribution in [0.25, 0.3) is 28.3 Å². The highest BCUT2D eigenvalue weighted by Gasteiger charge is 2.25. The van der Waals surface area contributed by atoms with Crippen LogP contribution in [0.5, 0.6) is 5.75 Å². The molecular formula is C30H33N7O2. The number of aromatic amines is 1. The van der Waals surface area contributed by atoms with Gasteiger partial charge in [0, 0.05) is 29.2 Å². The minimum atomic E-state index is -0.173. The van der Waals surface area contributed by atoms with Gasteiger partial charge in [0.2, 0.25) is 5.82 Å². The maximum atomic E-state index is 13.9. The Morgan fingerprint density at radius 3 is 2.44 bits per heavy atom. The predicted octanol–water partition coefficient (Wildman–Crippen LogP) is 5.19. The van der Waals surface area contributed by atoms with E-state index in [1.54, 1.807) is 11.7 Å². The van der Waals surface area contributed by atoms with Crippen LogP contribution in [0.4, 0.5) is 0 Å². The number of nitrogens with one attached hydrogen (secondary N) is 1. The second-order valence-electron chi connectivity index (χ2n) is 10.5. The lowest BCUT2D eigenvalue weighted by Crippen LogP contribution is -2.27. The molecule has 0 aliphatic heterocycles. The summed E-state index contributed by atoms with van der Waals surface area (Å²) in [5.74, 6) is 1.19. The van der Waals surface area contributed by atoms with Crippen molar-refractivity contribution < 1.29 is 4.74 Å². The van der Waals surface area contributed by atoms with Gasteiger partial charge in [0.25, 0.3) is 0 Å². The molecule has 1 N–H and O–H groups in total. The summed E-state index contributed by atoms with van der Waals surface area (Å²) in [6.07, 6.45) is 5.49. The summed E-state index contributed by atoms with van der Waals surface area (Å²) in [6, 6.07) is 17.7. The molecule has 0 fully saturated rings. The highest BCUT2D eigenvalue weighted by Crippen LogP contribution is 2.34. The van der Waals surface area contributed by atoms with Crippen molar-refractivity contribution in [2.45, 2.75) is 52.5 Å². The van der Waals surface area contributed by atoms with Crippen LogP contribution in [-0.4, -0.2) is 41.9 Å². The van der Waals surface area contributed by atoms with E-state index in [1.807, 2.05) is 65.5 Å². The normalized spacial score (nSPS) is 11.6. The number of imidazole rings is 1. The fourth-order valence-electron chi connectivity index (χ4n) is 4.89. The molecule has 9 nitrogen and oxygen atoms in total. The van der Waals surface area contributed by atoms with E-state index in [4.69, 9.17) is 9.72 Å². The van der Waals surface area contributed by atoms with Crippen molar-refractivity contribution in [3.63, 3.8) is 0 Å². The zero-order valence-corrected chi connectivity index (χ0v) is 23.0. The first kappa shape index (κ1) is 26.1. The first-order chi connectivity index (χ1) is 18.8. The van der Waals surface area contributed by atoms with Crippen LogP contribution >= 0.6 is 0 Å². The molecular weight excluding hydrogens is 490 g/mol. The number of aromatic nitrogens is 7. The average molecular weight is 524 g/mol. The highest BCUT2D eigenvalue weighted by atomic mass is 16.5.